The average Bonchev–Trinajstić information content (AvgIpc) is 3.38. The largest absolute Gasteiger partial charge is 0.462 e. The number of urea groups is 1. The Bertz CT molecular complexity index is 1220. The number of amides is 3. The molecule has 2 aromatic carbocycles. The Labute approximate surface area is 203 Å². The molecule has 1 saturated heterocycles. The Morgan fingerprint density at radius 3 is 2.46 bits per heavy atom. The van der Waals surface area contributed by atoms with E-state index in [1.165, 1.54) is 9.80 Å². The summed E-state index contributed by atoms with van der Waals surface area (Å²) in [4.78, 5) is 50.0. The molecule has 0 N–H and O–H groups in total. The van der Waals surface area contributed by atoms with Crippen LogP contribution in [0.5, 0.6) is 0 Å². The monoisotopic (exact) mass is 473 g/mol. The molecule has 2 atom stereocenters. The first-order valence-corrected chi connectivity index (χ1v) is 11.6. The molecule has 180 valence electrons. The van der Waals surface area contributed by atoms with Gasteiger partial charge < -0.3 is 14.5 Å². The number of hydrogen-bond donors (Lipinski definition) is 0. The molecule has 35 heavy (non-hydrogen) atoms. The summed E-state index contributed by atoms with van der Waals surface area (Å²) in [6, 6.07) is 15.9. The number of nitrogens with zero attached hydrogens (tertiary/aromatic N) is 5. The number of fused-ring (bicyclic) bond motifs is 3. The molecule has 0 spiro atoms. The van der Waals surface area contributed by atoms with E-state index in [1.807, 2.05) is 65.4 Å². The maximum absolute atomic E-state index is 13.5. The Morgan fingerprint density at radius 2 is 1.77 bits per heavy atom. The van der Waals surface area contributed by atoms with Crippen molar-refractivity contribution in [3.05, 3.63) is 77.6 Å². The fraction of sp³-hybridized carbons (Fsp3) is 0.308. The summed E-state index contributed by atoms with van der Waals surface area (Å²) >= 11 is 0. The van der Waals surface area contributed by atoms with Gasteiger partial charge in [0, 0.05) is 31.2 Å². The molecule has 0 aromatic heterocycles. The van der Waals surface area contributed by atoms with Crippen molar-refractivity contribution >= 4 is 29.6 Å². The number of esters is 1. The van der Waals surface area contributed by atoms with Crippen molar-refractivity contribution in [3.8, 4) is 0 Å². The van der Waals surface area contributed by atoms with Crippen LogP contribution in [0.3, 0.4) is 0 Å². The van der Waals surface area contributed by atoms with Gasteiger partial charge >= 0.3 is 12.0 Å². The zero-order chi connectivity index (χ0) is 24.7. The van der Waals surface area contributed by atoms with E-state index in [9.17, 15) is 14.4 Å². The topological polar surface area (TPSA) is 85.8 Å². The van der Waals surface area contributed by atoms with Crippen LogP contribution in [0.15, 0.2) is 71.5 Å². The van der Waals surface area contributed by atoms with Gasteiger partial charge in [0.1, 0.15) is 0 Å². The lowest BCUT2D eigenvalue weighted by Gasteiger charge is -2.40. The Kier molecular flexibility index (Phi) is 5.76. The molecule has 5 rings (SSSR count). The van der Waals surface area contributed by atoms with Crippen LogP contribution in [-0.4, -0.2) is 71.0 Å². The average molecular weight is 474 g/mol. The fourth-order valence-electron chi connectivity index (χ4n) is 4.73. The standard InChI is InChI=1S/C26H27N5O4/c1-4-35-24(33)19-10-12-20(13-11-19)31-17(2)16-30-21-22(27-25(30)31)28(3)26(34)29(23(21)32)15-14-18-8-6-5-7-9-18/h5-13,16,21-22H,4,14-15H2,1-3H3. The highest BCUT2D eigenvalue weighted by atomic mass is 16.5. The van der Waals surface area contributed by atoms with Crippen molar-refractivity contribution in [2.75, 3.05) is 25.1 Å². The fourth-order valence-corrected chi connectivity index (χ4v) is 4.73. The lowest BCUT2D eigenvalue weighted by molar-refractivity contribution is -0.136. The van der Waals surface area contributed by atoms with Gasteiger partial charge in [-0.1, -0.05) is 30.3 Å². The van der Waals surface area contributed by atoms with E-state index >= 15 is 0 Å². The van der Waals surface area contributed by atoms with Crippen molar-refractivity contribution in [3.63, 3.8) is 0 Å². The molecule has 3 aliphatic rings. The van der Waals surface area contributed by atoms with Crippen LogP contribution in [0.2, 0.25) is 0 Å². The zero-order valence-corrected chi connectivity index (χ0v) is 19.9. The number of carbonyl (C=O) groups excluding carboxylic acids is 3. The minimum Gasteiger partial charge on any atom is -0.462 e. The summed E-state index contributed by atoms with van der Waals surface area (Å²) in [5.74, 6) is -0.0458. The van der Waals surface area contributed by atoms with Crippen molar-refractivity contribution in [1.29, 1.82) is 0 Å². The minimum atomic E-state index is -0.623. The highest BCUT2D eigenvalue weighted by Crippen LogP contribution is 2.36. The highest BCUT2D eigenvalue weighted by Gasteiger charge is 2.54. The summed E-state index contributed by atoms with van der Waals surface area (Å²) in [5, 5.41) is 0. The van der Waals surface area contributed by atoms with Gasteiger partial charge in [-0.25, -0.2) is 14.6 Å². The van der Waals surface area contributed by atoms with Gasteiger partial charge in [-0.3, -0.25) is 14.6 Å². The van der Waals surface area contributed by atoms with Crippen LogP contribution in [0.1, 0.15) is 29.8 Å². The molecule has 3 aliphatic heterocycles. The molecule has 0 saturated carbocycles. The predicted molar refractivity (Wildman–Crippen MR) is 131 cm³/mol. The Hall–Kier alpha value is -4.14. The highest BCUT2D eigenvalue weighted by molar-refractivity contribution is 6.10. The van der Waals surface area contributed by atoms with Gasteiger partial charge in [0.25, 0.3) is 5.91 Å². The molecule has 2 unspecified atom stereocenters. The third kappa shape index (κ3) is 3.82. The van der Waals surface area contributed by atoms with Crippen LogP contribution in [0.25, 0.3) is 0 Å². The summed E-state index contributed by atoms with van der Waals surface area (Å²) in [5.41, 5.74) is 3.21. The van der Waals surface area contributed by atoms with E-state index in [-0.39, 0.29) is 17.9 Å². The zero-order valence-electron chi connectivity index (χ0n) is 19.9. The van der Waals surface area contributed by atoms with E-state index in [0.717, 1.165) is 16.9 Å². The first-order chi connectivity index (χ1) is 16.9. The Balaban J connectivity index is 1.38. The molecule has 0 bridgehead atoms. The molecule has 0 radical (unpaired) electrons. The van der Waals surface area contributed by atoms with E-state index in [0.29, 0.717) is 31.1 Å². The lowest BCUT2D eigenvalue weighted by Crippen LogP contribution is -2.64. The second-order valence-corrected chi connectivity index (χ2v) is 8.69. The molecule has 9 heteroatoms. The molecular formula is C26H27N5O4. The number of benzene rings is 2. The molecule has 3 heterocycles. The number of hydrogen-bond acceptors (Lipinski definition) is 7. The minimum absolute atomic E-state index is 0.253. The molecular weight excluding hydrogens is 446 g/mol. The van der Waals surface area contributed by atoms with Gasteiger partial charge in [0.05, 0.1) is 12.2 Å². The number of imide groups is 1. The van der Waals surface area contributed by atoms with E-state index in [1.54, 1.807) is 26.1 Å². The van der Waals surface area contributed by atoms with Gasteiger partial charge in [-0.05, 0) is 50.1 Å². The molecule has 1 fully saturated rings. The summed E-state index contributed by atoms with van der Waals surface area (Å²) < 4.78 is 5.06. The number of carbonyl (C=O) groups is 3. The van der Waals surface area contributed by atoms with Crippen molar-refractivity contribution in [1.82, 2.24) is 14.7 Å². The summed E-state index contributed by atoms with van der Waals surface area (Å²) in [7, 11) is 1.68. The van der Waals surface area contributed by atoms with Gasteiger partial charge in [0.2, 0.25) is 5.96 Å². The number of allylic oxidation sites excluding steroid dienone is 1. The molecule has 9 nitrogen and oxygen atoms in total. The van der Waals surface area contributed by atoms with Gasteiger partial charge in [0.15, 0.2) is 12.2 Å². The van der Waals surface area contributed by atoms with Gasteiger partial charge in [-0.15, -0.1) is 0 Å². The van der Waals surface area contributed by atoms with E-state index < -0.39 is 12.2 Å². The smallest absolute Gasteiger partial charge is 0.338 e. The molecule has 0 aliphatic carbocycles. The number of anilines is 1. The lowest BCUT2D eigenvalue weighted by atomic mass is 10.1. The van der Waals surface area contributed by atoms with Crippen molar-refractivity contribution in [2.45, 2.75) is 32.5 Å². The third-order valence-corrected chi connectivity index (χ3v) is 6.49. The molecule has 3 amide bonds. The number of guanidine groups is 1. The summed E-state index contributed by atoms with van der Waals surface area (Å²) in [6.07, 6.45) is 1.87. The first-order valence-electron chi connectivity index (χ1n) is 11.6. The Morgan fingerprint density at radius 1 is 1.06 bits per heavy atom. The van der Waals surface area contributed by atoms with E-state index in [2.05, 4.69) is 0 Å². The second kappa shape index (κ2) is 8.90. The number of aliphatic imine (C=N–C) groups is 1. The van der Waals surface area contributed by atoms with Crippen molar-refractivity contribution in [2.24, 2.45) is 4.99 Å². The second-order valence-electron chi connectivity index (χ2n) is 8.69. The maximum Gasteiger partial charge on any atom is 0.338 e. The van der Waals surface area contributed by atoms with Crippen LogP contribution >= 0.6 is 0 Å². The van der Waals surface area contributed by atoms with Crippen LogP contribution in [0.4, 0.5) is 10.5 Å². The normalized spacial score (nSPS) is 21.1. The first kappa shape index (κ1) is 22.6. The van der Waals surface area contributed by atoms with E-state index in [4.69, 9.17) is 9.73 Å². The number of ether oxygens (including phenoxy) is 1. The number of rotatable bonds is 6. The van der Waals surface area contributed by atoms with Crippen LogP contribution in [0, 0.1) is 0 Å². The predicted octanol–water partition coefficient (Wildman–Crippen LogP) is 3.05. The van der Waals surface area contributed by atoms with Crippen molar-refractivity contribution < 1.29 is 19.1 Å². The summed E-state index contributed by atoms with van der Waals surface area (Å²) in [6.45, 7) is 4.32. The van der Waals surface area contributed by atoms with Gasteiger partial charge in [-0.2, -0.15) is 0 Å². The van der Waals surface area contributed by atoms with Crippen LogP contribution in [-0.2, 0) is 16.0 Å². The van der Waals surface area contributed by atoms with Crippen LogP contribution < -0.4 is 4.90 Å². The number of likely N-dealkylation sites (N-methyl/N-ethyl adjacent to an activating group) is 1. The third-order valence-electron chi connectivity index (χ3n) is 6.49. The molecule has 2 aromatic rings. The quantitative estimate of drug-likeness (QED) is 0.600. The maximum atomic E-state index is 13.5. The SMILES string of the molecule is CCOC(=O)c1ccc(N2C(C)=CN3C2=NC2C3C(=O)N(CCc3ccccc3)C(=O)N2C)cc1.